The lowest BCUT2D eigenvalue weighted by Crippen LogP contribution is -2.31. The fraction of sp³-hybridized carbons (Fsp3) is 0.483. The van der Waals surface area contributed by atoms with Crippen LogP contribution in [0.3, 0.4) is 0 Å². The predicted molar refractivity (Wildman–Crippen MR) is 141 cm³/mol. The average Bonchev–Trinajstić information content (AvgIpc) is 3.08. The summed E-state index contributed by atoms with van der Waals surface area (Å²) < 4.78 is 6.16. The molecule has 184 valence electrons. The van der Waals surface area contributed by atoms with Gasteiger partial charge in [-0.3, -0.25) is 9.69 Å². The molecule has 0 bridgehead atoms. The first-order valence-corrected chi connectivity index (χ1v) is 12.5. The van der Waals surface area contributed by atoms with Crippen LogP contribution in [0.4, 0.5) is 5.69 Å². The minimum Gasteiger partial charge on any atom is -0.507 e. The number of rotatable bonds is 10. The molecule has 0 spiro atoms. The fourth-order valence-electron chi connectivity index (χ4n) is 4.71. The molecule has 34 heavy (non-hydrogen) atoms. The van der Waals surface area contributed by atoms with Gasteiger partial charge >= 0.3 is 0 Å². The van der Waals surface area contributed by atoms with Crippen molar-refractivity contribution in [3.8, 4) is 11.5 Å². The van der Waals surface area contributed by atoms with Crippen LogP contribution in [0.25, 0.3) is 6.08 Å². The van der Waals surface area contributed by atoms with Gasteiger partial charge in [-0.2, -0.15) is 0 Å². The van der Waals surface area contributed by atoms with Crippen LogP contribution in [-0.2, 0) is 6.54 Å². The van der Waals surface area contributed by atoms with Gasteiger partial charge in [0.05, 0.1) is 11.1 Å². The molecular formula is C29H40N2O3. The van der Waals surface area contributed by atoms with Gasteiger partial charge in [-0.25, -0.2) is 0 Å². The van der Waals surface area contributed by atoms with Crippen LogP contribution in [0.1, 0.15) is 68.6 Å². The Morgan fingerprint density at radius 3 is 2.12 bits per heavy atom. The molecular weight excluding hydrogens is 424 g/mol. The van der Waals surface area contributed by atoms with Crippen molar-refractivity contribution in [3.05, 3.63) is 58.3 Å². The van der Waals surface area contributed by atoms with Crippen molar-refractivity contribution in [2.75, 3.05) is 31.1 Å². The van der Waals surface area contributed by atoms with Crippen LogP contribution >= 0.6 is 0 Å². The Balaban J connectivity index is 1.93. The number of ketones is 1. The smallest absolute Gasteiger partial charge is 0.232 e. The third-order valence-corrected chi connectivity index (χ3v) is 6.17. The lowest BCUT2D eigenvalue weighted by atomic mass is 9.98. The Kier molecular flexibility index (Phi) is 8.42. The van der Waals surface area contributed by atoms with Crippen molar-refractivity contribution in [2.45, 2.75) is 55.0 Å². The molecule has 0 amide bonds. The molecule has 0 radical (unpaired) electrons. The second kappa shape index (κ2) is 11.1. The van der Waals surface area contributed by atoms with E-state index in [0.29, 0.717) is 41.0 Å². The van der Waals surface area contributed by atoms with Crippen LogP contribution in [0.5, 0.6) is 11.5 Å². The number of carbonyl (C=O) groups is 1. The van der Waals surface area contributed by atoms with Crippen molar-refractivity contribution in [1.29, 1.82) is 0 Å². The summed E-state index contributed by atoms with van der Waals surface area (Å²) in [5, 5.41) is 10.8. The van der Waals surface area contributed by atoms with E-state index >= 15 is 0 Å². The van der Waals surface area contributed by atoms with Gasteiger partial charge in [-0.05, 0) is 68.0 Å². The third kappa shape index (κ3) is 5.82. The van der Waals surface area contributed by atoms with Crippen LogP contribution in [0.15, 0.2) is 36.1 Å². The molecule has 1 heterocycles. The minimum atomic E-state index is -0.124. The first-order valence-electron chi connectivity index (χ1n) is 12.5. The summed E-state index contributed by atoms with van der Waals surface area (Å²) in [7, 11) is 0. The van der Waals surface area contributed by atoms with E-state index in [4.69, 9.17) is 4.74 Å². The number of benzene rings is 2. The Bertz CT molecular complexity index is 1020. The van der Waals surface area contributed by atoms with Crippen molar-refractivity contribution in [1.82, 2.24) is 4.90 Å². The predicted octanol–water partition coefficient (Wildman–Crippen LogP) is 6.28. The molecule has 0 fully saturated rings. The van der Waals surface area contributed by atoms with Crippen LogP contribution in [0.2, 0.25) is 0 Å². The molecule has 3 rings (SSSR count). The van der Waals surface area contributed by atoms with E-state index in [0.717, 1.165) is 43.0 Å². The zero-order valence-electron chi connectivity index (χ0n) is 21.8. The van der Waals surface area contributed by atoms with E-state index in [2.05, 4.69) is 63.5 Å². The quantitative estimate of drug-likeness (QED) is 0.420. The van der Waals surface area contributed by atoms with Crippen molar-refractivity contribution >= 4 is 17.5 Å². The van der Waals surface area contributed by atoms with E-state index < -0.39 is 0 Å². The van der Waals surface area contributed by atoms with Gasteiger partial charge < -0.3 is 14.7 Å². The van der Waals surface area contributed by atoms with Gasteiger partial charge in [-0.15, -0.1) is 0 Å². The Labute approximate surface area is 205 Å². The summed E-state index contributed by atoms with van der Waals surface area (Å²) in [4.78, 5) is 17.9. The highest BCUT2D eigenvalue weighted by atomic mass is 16.5. The van der Waals surface area contributed by atoms with Crippen molar-refractivity contribution in [3.63, 3.8) is 0 Å². The van der Waals surface area contributed by atoms with Gasteiger partial charge in [0.1, 0.15) is 11.5 Å². The molecule has 1 aliphatic heterocycles. The third-order valence-electron chi connectivity index (χ3n) is 6.17. The van der Waals surface area contributed by atoms with Gasteiger partial charge in [0.15, 0.2) is 5.76 Å². The lowest BCUT2D eigenvalue weighted by Gasteiger charge is -2.27. The number of phenolic OH excluding ortho intramolecular Hbond substituents is 1. The second-order valence-electron chi connectivity index (χ2n) is 10.1. The first-order chi connectivity index (χ1) is 16.1. The first kappa shape index (κ1) is 25.8. The number of ether oxygens (including phenoxy) is 1. The average molecular weight is 465 g/mol. The zero-order valence-corrected chi connectivity index (χ0v) is 21.8. The van der Waals surface area contributed by atoms with E-state index in [1.807, 2.05) is 19.1 Å². The number of allylic oxidation sites excluding steroid dienone is 1. The monoisotopic (exact) mass is 464 g/mol. The van der Waals surface area contributed by atoms with Gasteiger partial charge in [0.25, 0.3) is 0 Å². The van der Waals surface area contributed by atoms with Gasteiger partial charge in [-0.1, -0.05) is 39.8 Å². The number of aromatic hydroxyl groups is 1. The maximum absolute atomic E-state index is 13.3. The number of hydrogen-bond acceptors (Lipinski definition) is 5. The van der Waals surface area contributed by atoms with Gasteiger partial charge in [0, 0.05) is 38.4 Å². The molecule has 2 aromatic rings. The van der Waals surface area contributed by atoms with E-state index in [9.17, 15) is 9.90 Å². The molecule has 2 aromatic carbocycles. The van der Waals surface area contributed by atoms with Crippen molar-refractivity contribution in [2.24, 2.45) is 11.8 Å². The maximum Gasteiger partial charge on any atom is 0.232 e. The second-order valence-corrected chi connectivity index (χ2v) is 10.1. The number of phenols is 1. The molecule has 0 atom stereocenters. The number of hydrogen-bond donors (Lipinski definition) is 1. The number of fused-ring (bicyclic) bond motifs is 1. The highest BCUT2D eigenvalue weighted by Gasteiger charge is 2.33. The molecule has 0 saturated heterocycles. The van der Waals surface area contributed by atoms with E-state index in [1.54, 1.807) is 12.1 Å². The normalized spacial score (nSPS) is 14.4. The largest absolute Gasteiger partial charge is 0.507 e. The molecule has 5 heteroatoms. The number of nitrogens with zero attached hydrogens (tertiary/aromatic N) is 2. The summed E-state index contributed by atoms with van der Waals surface area (Å²) in [6.07, 6.45) is 1.80. The topological polar surface area (TPSA) is 53.0 Å². The number of anilines is 1. The van der Waals surface area contributed by atoms with Gasteiger partial charge in [0.2, 0.25) is 5.78 Å². The summed E-state index contributed by atoms with van der Waals surface area (Å²) in [5.74, 6) is 1.87. The Morgan fingerprint density at radius 2 is 1.59 bits per heavy atom. The van der Waals surface area contributed by atoms with Crippen LogP contribution < -0.4 is 9.64 Å². The van der Waals surface area contributed by atoms with E-state index in [-0.39, 0.29) is 11.5 Å². The number of carbonyl (C=O) groups excluding carboxylic acids is 1. The molecule has 5 nitrogen and oxygen atoms in total. The van der Waals surface area contributed by atoms with Crippen molar-refractivity contribution < 1.29 is 14.6 Å². The molecule has 0 unspecified atom stereocenters. The molecule has 1 N–H and O–H groups in total. The standard InChI is InChI=1S/C29H40N2O3/c1-8-31(9-2)23-12-10-22(11-13-23)15-26-28(33)27-21(7)14-25(32)24(29(27)34-26)18-30(16-19(3)4)17-20(5)6/h10-15,19-20,32H,8-9,16-18H2,1-7H3/b26-15+. The molecule has 0 aromatic heterocycles. The molecule has 0 saturated carbocycles. The molecule has 0 aliphatic carbocycles. The summed E-state index contributed by atoms with van der Waals surface area (Å²) in [6, 6.07) is 9.87. The van der Waals surface area contributed by atoms with Crippen LogP contribution in [-0.4, -0.2) is 42.0 Å². The lowest BCUT2D eigenvalue weighted by molar-refractivity contribution is 0.101. The maximum atomic E-state index is 13.3. The SMILES string of the molecule is CCN(CC)c1ccc(/C=C2/Oc3c(CN(CC(C)C)CC(C)C)c(O)cc(C)c3C2=O)cc1. The Hall–Kier alpha value is -2.79. The zero-order chi connectivity index (χ0) is 25.0. The highest BCUT2D eigenvalue weighted by Crippen LogP contribution is 2.42. The minimum absolute atomic E-state index is 0.124. The number of aryl methyl sites for hydroxylation is 1. The summed E-state index contributed by atoms with van der Waals surface area (Å²) in [5.41, 5.74) is 4.06. The van der Waals surface area contributed by atoms with Crippen LogP contribution in [0, 0.1) is 18.8 Å². The highest BCUT2D eigenvalue weighted by molar-refractivity contribution is 6.15. The summed E-state index contributed by atoms with van der Waals surface area (Å²) >= 11 is 0. The molecule has 1 aliphatic rings. The summed E-state index contributed by atoms with van der Waals surface area (Å²) in [6.45, 7) is 19.2. The Morgan fingerprint density at radius 1 is 1.00 bits per heavy atom. The number of Topliss-reactive ketones (excluding diaryl/α,β-unsaturated/α-hetero) is 1. The fourth-order valence-corrected chi connectivity index (χ4v) is 4.71. The van der Waals surface area contributed by atoms with E-state index in [1.165, 1.54) is 0 Å².